The van der Waals surface area contributed by atoms with Crippen LogP contribution in [0.4, 0.5) is 17.1 Å². The molecule has 1 aliphatic carbocycles. The fraction of sp³-hybridized carbons (Fsp3) is 0.500. The molecule has 2 unspecified atom stereocenters. The molecule has 2 rings (SSSR count). The summed E-state index contributed by atoms with van der Waals surface area (Å²) in [4.78, 5) is 0. The van der Waals surface area contributed by atoms with Crippen molar-refractivity contribution < 1.29 is 4.74 Å². The number of nitrogens with two attached hydrogens (primary N) is 2. The molecule has 1 aromatic rings. The van der Waals surface area contributed by atoms with Crippen molar-refractivity contribution in [1.29, 1.82) is 0 Å². The van der Waals surface area contributed by atoms with Gasteiger partial charge in [-0.25, -0.2) is 0 Å². The van der Waals surface area contributed by atoms with E-state index < -0.39 is 0 Å². The van der Waals surface area contributed by atoms with Crippen LogP contribution in [0.1, 0.15) is 19.3 Å². The average molecular weight is 221 g/mol. The maximum atomic E-state index is 5.76. The van der Waals surface area contributed by atoms with Crippen molar-refractivity contribution >= 4 is 17.1 Å². The van der Waals surface area contributed by atoms with E-state index in [-0.39, 0.29) is 0 Å². The predicted octanol–water partition coefficient (Wildman–Crippen LogP) is 1.83. The zero-order chi connectivity index (χ0) is 11.5. The summed E-state index contributed by atoms with van der Waals surface area (Å²) in [5.41, 5.74) is 13.7. The molecule has 4 heteroatoms. The molecule has 0 saturated heterocycles. The molecule has 5 N–H and O–H groups in total. The van der Waals surface area contributed by atoms with Crippen LogP contribution in [0.3, 0.4) is 0 Å². The summed E-state index contributed by atoms with van der Waals surface area (Å²) in [5.74, 6) is 0. The topological polar surface area (TPSA) is 73.3 Å². The summed E-state index contributed by atoms with van der Waals surface area (Å²) in [5, 5.41) is 3.46. The average Bonchev–Trinajstić information content (AvgIpc) is 2.71. The fourth-order valence-corrected chi connectivity index (χ4v) is 2.19. The quantitative estimate of drug-likeness (QED) is 0.681. The maximum Gasteiger partial charge on any atom is 0.0591 e. The molecule has 88 valence electrons. The van der Waals surface area contributed by atoms with Gasteiger partial charge in [-0.2, -0.15) is 0 Å². The molecule has 1 saturated carbocycles. The Morgan fingerprint density at radius 1 is 1.25 bits per heavy atom. The van der Waals surface area contributed by atoms with Crippen LogP contribution < -0.4 is 16.8 Å². The number of benzene rings is 1. The van der Waals surface area contributed by atoms with E-state index in [2.05, 4.69) is 5.32 Å². The van der Waals surface area contributed by atoms with Gasteiger partial charge in [0.15, 0.2) is 0 Å². The Morgan fingerprint density at radius 2 is 2.06 bits per heavy atom. The summed E-state index contributed by atoms with van der Waals surface area (Å²) >= 11 is 0. The van der Waals surface area contributed by atoms with Crippen LogP contribution in [0.5, 0.6) is 0 Å². The lowest BCUT2D eigenvalue weighted by molar-refractivity contribution is 0.108. The molecular weight excluding hydrogens is 202 g/mol. The van der Waals surface area contributed by atoms with Crippen LogP contribution in [-0.4, -0.2) is 19.3 Å². The van der Waals surface area contributed by atoms with Crippen molar-refractivity contribution in [2.75, 3.05) is 23.9 Å². The largest absolute Gasteiger partial charge is 0.397 e. The highest BCUT2D eigenvalue weighted by Gasteiger charge is 2.24. The first-order chi connectivity index (χ1) is 7.69. The number of nitrogens with one attached hydrogen (secondary N) is 1. The minimum atomic E-state index is 0.392. The number of rotatable bonds is 3. The number of nitrogen functional groups attached to an aromatic ring is 2. The first kappa shape index (κ1) is 11.1. The van der Waals surface area contributed by atoms with Crippen molar-refractivity contribution in [2.24, 2.45) is 0 Å². The molecule has 4 nitrogen and oxygen atoms in total. The first-order valence-corrected chi connectivity index (χ1v) is 5.63. The second-order valence-electron chi connectivity index (χ2n) is 4.36. The number of anilines is 3. The van der Waals surface area contributed by atoms with Gasteiger partial charge in [0.05, 0.1) is 17.5 Å². The molecular formula is C12H19N3O. The van der Waals surface area contributed by atoms with Crippen LogP contribution in [0.25, 0.3) is 0 Å². The van der Waals surface area contributed by atoms with Crippen LogP contribution in [0, 0.1) is 0 Å². The minimum absolute atomic E-state index is 0.392. The van der Waals surface area contributed by atoms with E-state index in [4.69, 9.17) is 16.2 Å². The molecule has 0 amide bonds. The van der Waals surface area contributed by atoms with Gasteiger partial charge >= 0.3 is 0 Å². The van der Waals surface area contributed by atoms with Gasteiger partial charge in [-0.1, -0.05) is 0 Å². The standard InChI is InChI=1S/C12H19N3O/c1-16-10-4-2-8(6-10)15-9-3-5-11(13)12(14)7-9/h3,5,7-8,10,15H,2,4,6,13-14H2,1H3. The van der Waals surface area contributed by atoms with Crippen molar-refractivity contribution in [1.82, 2.24) is 0 Å². The molecule has 1 fully saturated rings. The Kier molecular flexibility index (Phi) is 3.19. The third-order valence-electron chi connectivity index (χ3n) is 3.18. The SMILES string of the molecule is COC1CCC(Nc2ccc(N)c(N)c2)C1. The number of ether oxygens (including phenoxy) is 1. The molecule has 0 radical (unpaired) electrons. The molecule has 0 heterocycles. The van der Waals surface area contributed by atoms with Gasteiger partial charge in [0.2, 0.25) is 0 Å². The van der Waals surface area contributed by atoms with Gasteiger partial charge in [0.1, 0.15) is 0 Å². The van der Waals surface area contributed by atoms with E-state index in [1.54, 1.807) is 7.11 Å². The zero-order valence-corrected chi connectivity index (χ0v) is 9.57. The van der Waals surface area contributed by atoms with Gasteiger partial charge in [0, 0.05) is 18.8 Å². The highest BCUT2D eigenvalue weighted by Crippen LogP contribution is 2.26. The lowest BCUT2D eigenvalue weighted by atomic mass is 10.2. The third-order valence-corrected chi connectivity index (χ3v) is 3.18. The van der Waals surface area contributed by atoms with E-state index in [1.807, 2.05) is 18.2 Å². The third kappa shape index (κ3) is 2.39. The monoisotopic (exact) mass is 221 g/mol. The first-order valence-electron chi connectivity index (χ1n) is 5.63. The molecule has 0 spiro atoms. The zero-order valence-electron chi connectivity index (χ0n) is 9.57. The lowest BCUT2D eigenvalue weighted by Crippen LogP contribution is -2.17. The van der Waals surface area contributed by atoms with Crippen molar-refractivity contribution in [3.05, 3.63) is 18.2 Å². The number of hydrogen-bond donors (Lipinski definition) is 3. The Hall–Kier alpha value is -1.42. The smallest absolute Gasteiger partial charge is 0.0591 e. The lowest BCUT2D eigenvalue weighted by Gasteiger charge is -2.15. The second kappa shape index (κ2) is 4.61. The van der Waals surface area contributed by atoms with Crippen molar-refractivity contribution in [2.45, 2.75) is 31.4 Å². The van der Waals surface area contributed by atoms with Gasteiger partial charge in [-0.3, -0.25) is 0 Å². The van der Waals surface area contributed by atoms with Gasteiger partial charge in [-0.15, -0.1) is 0 Å². The summed E-state index contributed by atoms with van der Waals surface area (Å²) in [6.45, 7) is 0. The summed E-state index contributed by atoms with van der Waals surface area (Å²) in [6, 6.07) is 6.16. The Balaban J connectivity index is 1.97. The molecule has 1 aliphatic rings. The van der Waals surface area contributed by atoms with E-state index in [0.29, 0.717) is 23.5 Å². The molecule has 0 aromatic heterocycles. The van der Waals surface area contributed by atoms with Gasteiger partial charge in [0.25, 0.3) is 0 Å². The number of hydrogen-bond acceptors (Lipinski definition) is 4. The molecule has 0 aliphatic heterocycles. The highest BCUT2D eigenvalue weighted by atomic mass is 16.5. The van der Waals surface area contributed by atoms with E-state index in [1.165, 1.54) is 0 Å². The fourth-order valence-electron chi connectivity index (χ4n) is 2.19. The van der Waals surface area contributed by atoms with E-state index in [0.717, 1.165) is 24.9 Å². The highest BCUT2D eigenvalue weighted by molar-refractivity contribution is 5.69. The second-order valence-corrected chi connectivity index (χ2v) is 4.36. The van der Waals surface area contributed by atoms with Gasteiger partial charge in [-0.05, 0) is 37.5 Å². The Morgan fingerprint density at radius 3 is 2.69 bits per heavy atom. The normalized spacial score (nSPS) is 24.6. The van der Waals surface area contributed by atoms with Crippen LogP contribution in [0.15, 0.2) is 18.2 Å². The van der Waals surface area contributed by atoms with Crippen LogP contribution in [-0.2, 0) is 4.74 Å². The van der Waals surface area contributed by atoms with Gasteiger partial charge < -0.3 is 21.5 Å². The van der Waals surface area contributed by atoms with Crippen LogP contribution >= 0.6 is 0 Å². The molecule has 1 aromatic carbocycles. The molecule has 0 bridgehead atoms. The van der Waals surface area contributed by atoms with E-state index >= 15 is 0 Å². The summed E-state index contributed by atoms with van der Waals surface area (Å²) in [7, 11) is 1.77. The number of methoxy groups -OCH3 is 1. The summed E-state index contributed by atoms with van der Waals surface area (Å²) in [6.07, 6.45) is 3.71. The van der Waals surface area contributed by atoms with E-state index in [9.17, 15) is 0 Å². The van der Waals surface area contributed by atoms with Crippen molar-refractivity contribution in [3.63, 3.8) is 0 Å². The Labute approximate surface area is 96.0 Å². The maximum absolute atomic E-state index is 5.76. The van der Waals surface area contributed by atoms with Crippen molar-refractivity contribution in [3.8, 4) is 0 Å². The molecule has 16 heavy (non-hydrogen) atoms. The Bertz CT molecular complexity index is 367. The minimum Gasteiger partial charge on any atom is -0.397 e. The predicted molar refractivity (Wildman–Crippen MR) is 67.3 cm³/mol. The van der Waals surface area contributed by atoms with Crippen LogP contribution in [0.2, 0.25) is 0 Å². The molecule has 2 atom stereocenters. The summed E-state index contributed by atoms with van der Waals surface area (Å²) < 4.78 is 5.34.